The van der Waals surface area contributed by atoms with E-state index in [4.69, 9.17) is 0 Å². The summed E-state index contributed by atoms with van der Waals surface area (Å²) in [5, 5.41) is 0. The van der Waals surface area contributed by atoms with Crippen molar-refractivity contribution in [2.24, 2.45) is 0 Å². The second-order valence-electron chi connectivity index (χ2n) is 3.49. The van der Waals surface area contributed by atoms with Crippen LogP contribution in [-0.4, -0.2) is 5.78 Å². The van der Waals surface area contributed by atoms with Gasteiger partial charge in [-0.15, -0.1) is 0 Å². The Hall–Kier alpha value is -0.850. The normalized spacial score (nSPS) is 20.8. The molecule has 0 N–H and O–H groups in total. The van der Waals surface area contributed by atoms with Crippen molar-refractivity contribution in [1.29, 1.82) is 0 Å². The number of Topliss-reactive ketones (excluding diaryl/α,β-unsaturated/α-hetero) is 1. The van der Waals surface area contributed by atoms with Crippen molar-refractivity contribution < 1.29 is 4.79 Å². The third kappa shape index (κ3) is 5.40. The molecule has 1 aliphatic carbocycles. The fraction of sp³-hybridized carbons (Fsp3) is 0.583. The molecule has 1 heteroatoms. The Labute approximate surface area is 80.5 Å². The minimum absolute atomic E-state index is 0.415. The van der Waals surface area contributed by atoms with E-state index in [0.29, 0.717) is 5.78 Å². The molecule has 0 fully saturated rings. The largest absolute Gasteiger partial charge is 0.300 e. The summed E-state index contributed by atoms with van der Waals surface area (Å²) in [5.74, 6) is 0.415. The summed E-state index contributed by atoms with van der Waals surface area (Å²) in [6.45, 7) is 0. The second kappa shape index (κ2) is 6.64. The summed E-state index contributed by atoms with van der Waals surface area (Å²) in [6, 6.07) is 0. The molecular formula is C12H18O. The molecule has 0 unspecified atom stereocenters. The van der Waals surface area contributed by atoms with Gasteiger partial charge in [-0.3, -0.25) is 4.79 Å². The van der Waals surface area contributed by atoms with E-state index in [1.807, 2.05) is 0 Å². The molecule has 13 heavy (non-hydrogen) atoms. The Morgan fingerprint density at radius 3 is 2.15 bits per heavy atom. The fourth-order valence-corrected chi connectivity index (χ4v) is 1.45. The fourth-order valence-electron chi connectivity index (χ4n) is 1.45. The Bertz CT molecular complexity index is 201. The highest BCUT2D eigenvalue weighted by molar-refractivity contribution is 5.78. The number of hydrogen-bond acceptors (Lipinski definition) is 1. The molecule has 1 nitrogen and oxygen atoms in total. The summed E-state index contributed by atoms with van der Waals surface area (Å²) in [5.41, 5.74) is 0. The molecule has 0 aliphatic heterocycles. The third-order valence-electron chi connectivity index (χ3n) is 2.25. The maximum atomic E-state index is 11.2. The van der Waals surface area contributed by atoms with Crippen LogP contribution in [0, 0.1) is 0 Å². The van der Waals surface area contributed by atoms with Crippen LogP contribution in [0.5, 0.6) is 0 Å². The summed E-state index contributed by atoms with van der Waals surface area (Å²) >= 11 is 0. The van der Waals surface area contributed by atoms with E-state index < -0.39 is 0 Å². The molecule has 0 saturated carbocycles. The Morgan fingerprint density at radius 1 is 0.769 bits per heavy atom. The molecule has 0 bridgehead atoms. The lowest BCUT2D eigenvalue weighted by atomic mass is 10.1. The van der Waals surface area contributed by atoms with E-state index in [2.05, 4.69) is 24.3 Å². The van der Waals surface area contributed by atoms with Crippen LogP contribution in [0.25, 0.3) is 0 Å². The van der Waals surface area contributed by atoms with Crippen LogP contribution in [0.1, 0.15) is 44.9 Å². The van der Waals surface area contributed by atoms with Gasteiger partial charge in [-0.2, -0.15) is 0 Å². The SMILES string of the molecule is O=C1CCC=CCCC=CCCC1. The van der Waals surface area contributed by atoms with Crippen molar-refractivity contribution in [1.82, 2.24) is 0 Å². The molecule has 0 radical (unpaired) electrons. The molecule has 0 spiro atoms. The first-order valence-electron chi connectivity index (χ1n) is 5.21. The van der Waals surface area contributed by atoms with Crippen molar-refractivity contribution >= 4 is 5.78 Å². The first-order valence-corrected chi connectivity index (χ1v) is 5.21. The quantitative estimate of drug-likeness (QED) is 0.519. The van der Waals surface area contributed by atoms with Crippen molar-refractivity contribution in [2.45, 2.75) is 44.9 Å². The monoisotopic (exact) mass is 178 g/mol. The lowest BCUT2D eigenvalue weighted by Crippen LogP contribution is -1.96. The van der Waals surface area contributed by atoms with Crippen molar-refractivity contribution in [2.75, 3.05) is 0 Å². The molecule has 0 aromatic heterocycles. The average Bonchev–Trinajstić information content (AvgIpc) is 2.11. The van der Waals surface area contributed by atoms with Crippen molar-refractivity contribution in [3.8, 4) is 0 Å². The predicted molar refractivity (Wildman–Crippen MR) is 55.6 cm³/mol. The number of rotatable bonds is 0. The van der Waals surface area contributed by atoms with E-state index >= 15 is 0 Å². The smallest absolute Gasteiger partial charge is 0.133 e. The van der Waals surface area contributed by atoms with Gasteiger partial charge in [0.05, 0.1) is 0 Å². The number of ketones is 1. The van der Waals surface area contributed by atoms with Gasteiger partial charge in [-0.05, 0) is 32.1 Å². The molecule has 0 saturated heterocycles. The number of carbonyl (C=O) groups is 1. The zero-order chi connectivity index (χ0) is 9.36. The van der Waals surface area contributed by atoms with Gasteiger partial charge in [0.2, 0.25) is 0 Å². The Balaban J connectivity index is 2.33. The lowest BCUT2D eigenvalue weighted by molar-refractivity contribution is -0.119. The molecule has 1 rings (SSSR count). The number of allylic oxidation sites excluding steroid dienone is 4. The first-order chi connectivity index (χ1) is 6.39. The summed E-state index contributed by atoms with van der Waals surface area (Å²) in [4.78, 5) is 11.2. The topological polar surface area (TPSA) is 17.1 Å². The Morgan fingerprint density at radius 2 is 1.38 bits per heavy atom. The van der Waals surface area contributed by atoms with Crippen LogP contribution >= 0.6 is 0 Å². The summed E-state index contributed by atoms with van der Waals surface area (Å²) in [6.07, 6.45) is 15.5. The highest BCUT2D eigenvalue weighted by Gasteiger charge is 1.99. The molecule has 0 aromatic carbocycles. The lowest BCUT2D eigenvalue weighted by Gasteiger charge is -1.98. The molecule has 0 atom stereocenters. The standard InChI is InChI=1S/C12H18O/c13-12-10-8-6-4-2-1-3-5-7-9-11-12/h2,4-5,7H,1,3,6,8-11H2. The Kier molecular flexibility index (Phi) is 5.23. The highest BCUT2D eigenvalue weighted by Crippen LogP contribution is 2.06. The summed E-state index contributed by atoms with van der Waals surface area (Å²) < 4.78 is 0. The first kappa shape index (κ1) is 10.2. The average molecular weight is 178 g/mol. The highest BCUT2D eigenvalue weighted by atomic mass is 16.1. The maximum Gasteiger partial charge on any atom is 0.133 e. The number of carbonyl (C=O) groups excluding carboxylic acids is 1. The van der Waals surface area contributed by atoms with Crippen LogP contribution in [0.3, 0.4) is 0 Å². The van der Waals surface area contributed by atoms with Crippen LogP contribution < -0.4 is 0 Å². The third-order valence-corrected chi connectivity index (χ3v) is 2.25. The molecule has 0 aromatic rings. The van der Waals surface area contributed by atoms with Gasteiger partial charge in [0.25, 0.3) is 0 Å². The molecule has 0 heterocycles. The second-order valence-corrected chi connectivity index (χ2v) is 3.49. The van der Waals surface area contributed by atoms with Crippen LogP contribution in [0.4, 0.5) is 0 Å². The zero-order valence-electron chi connectivity index (χ0n) is 8.17. The minimum atomic E-state index is 0.415. The predicted octanol–water partition coefficient (Wildman–Crippen LogP) is 3.41. The molecule has 72 valence electrons. The van der Waals surface area contributed by atoms with Gasteiger partial charge in [-0.25, -0.2) is 0 Å². The van der Waals surface area contributed by atoms with Gasteiger partial charge in [-0.1, -0.05) is 24.3 Å². The van der Waals surface area contributed by atoms with E-state index in [1.165, 1.54) is 0 Å². The van der Waals surface area contributed by atoms with Gasteiger partial charge >= 0.3 is 0 Å². The maximum absolute atomic E-state index is 11.2. The zero-order valence-corrected chi connectivity index (χ0v) is 8.17. The van der Waals surface area contributed by atoms with Crippen LogP contribution in [0.15, 0.2) is 24.3 Å². The summed E-state index contributed by atoms with van der Waals surface area (Å²) in [7, 11) is 0. The van der Waals surface area contributed by atoms with Crippen LogP contribution in [-0.2, 0) is 4.79 Å². The van der Waals surface area contributed by atoms with E-state index in [-0.39, 0.29) is 0 Å². The molecule has 1 aliphatic rings. The molecular weight excluding hydrogens is 160 g/mol. The van der Waals surface area contributed by atoms with E-state index in [0.717, 1.165) is 44.9 Å². The van der Waals surface area contributed by atoms with Gasteiger partial charge < -0.3 is 0 Å². The molecule has 0 amide bonds. The number of hydrogen-bond donors (Lipinski definition) is 0. The van der Waals surface area contributed by atoms with Crippen molar-refractivity contribution in [3.63, 3.8) is 0 Å². The minimum Gasteiger partial charge on any atom is -0.300 e. The van der Waals surface area contributed by atoms with E-state index in [9.17, 15) is 4.79 Å². The van der Waals surface area contributed by atoms with E-state index in [1.54, 1.807) is 0 Å². The van der Waals surface area contributed by atoms with Gasteiger partial charge in [0, 0.05) is 12.8 Å². The van der Waals surface area contributed by atoms with Crippen LogP contribution in [0.2, 0.25) is 0 Å². The van der Waals surface area contributed by atoms with Gasteiger partial charge in [0.1, 0.15) is 5.78 Å². The van der Waals surface area contributed by atoms with Crippen molar-refractivity contribution in [3.05, 3.63) is 24.3 Å². The van der Waals surface area contributed by atoms with Gasteiger partial charge in [0.15, 0.2) is 0 Å².